The van der Waals surface area contributed by atoms with Gasteiger partial charge < -0.3 is 15.4 Å². The molecule has 22 heavy (non-hydrogen) atoms. The maximum atomic E-state index is 13.0. The van der Waals surface area contributed by atoms with Crippen LogP contribution in [0.2, 0.25) is 0 Å². The topological polar surface area (TPSA) is 55.6 Å². The first-order chi connectivity index (χ1) is 10.6. The van der Waals surface area contributed by atoms with Crippen LogP contribution in [0.5, 0.6) is 0 Å². The Morgan fingerprint density at radius 3 is 2.55 bits per heavy atom. The minimum atomic E-state index is -0.481. The lowest BCUT2D eigenvalue weighted by Crippen LogP contribution is -2.51. The second-order valence-electron chi connectivity index (χ2n) is 5.85. The summed E-state index contributed by atoms with van der Waals surface area (Å²) in [5.41, 5.74) is 6.29. The van der Waals surface area contributed by atoms with E-state index < -0.39 is 5.41 Å². The number of amides is 1. The molecule has 0 radical (unpaired) electrons. The third-order valence-corrected chi connectivity index (χ3v) is 4.79. The fourth-order valence-corrected chi connectivity index (χ4v) is 2.98. The molecule has 0 aliphatic carbocycles. The Balaban J connectivity index is 2.13. The highest BCUT2D eigenvalue weighted by molar-refractivity contribution is 5.83. The highest BCUT2D eigenvalue weighted by atomic mass is 19.1. The first-order valence-corrected chi connectivity index (χ1v) is 7.92. The van der Waals surface area contributed by atoms with E-state index in [1.165, 1.54) is 12.1 Å². The van der Waals surface area contributed by atoms with Gasteiger partial charge in [0.25, 0.3) is 0 Å². The predicted octanol–water partition coefficient (Wildman–Crippen LogP) is 2.49. The molecule has 1 saturated heterocycles. The van der Waals surface area contributed by atoms with Gasteiger partial charge in [0, 0.05) is 13.1 Å². The molecule has 1 amide bonds. The maximum Gasteiger partial charge on any atom is 0.230 e. The lowest BCUT2D eigenvalue weighted by Gasteiger charge is -2.39. The number of morpholine rings is 1. The molecule has 1 heterocycles. The summed E-state index contributed by atoms with van der Waals surface area (Å²) in [6, 6.07) is 6.26. The van der Waals surface area contributed by atoms with Gasteiger partial charge in [-0.25, -0.2) is 4.39 Å². The van der Waals surface area contributed by atoms with Gasteiger partial charge in [-0.3, -0.25) is 4.79 Å². The molecular weight excluding hydrogens is 283 g/mol. The molecule has 0 saturated carbocycles. The summed E-state index contributed by atoms with van der Waals surface area (Å²) < 4.78 is 18.8. The molecule has 0 bridgehead atoms. The van der Waals surface area contributed by atoms with E-state index in [4.69, 9.17) is 10.5 Å². The highest BCUT2D eigenvalue weighted by Gasteiger charge is 2.38. The summed E-state index contributed by atoms with van der Waals surface area (Å²) >= 11 is 0. The van der Waals surface area contributed by atoms with E-state index in [0.717, 1.165) is 18.4 Å². The van der Waals surface area contributed by atoms with Crippen LogP contribution in [0.15, 0.2) is 24.3 Å². The van der Waals surface area contributed by atoms with E-state index in [1.807, 2.05) is 18.7 Å². The summed E-state index contributed by atoms with van der Waals surface area (Å²) in [4.78, 5) is 14.7. The number of benzene rings is 1. The Bertz CT molecular complexity index is 492. The summed E-state index contributed by atoms with van der Waals surface area (Å²) in [5, 5.41) is 0. The van der Waals surface area contributed by atoms with Crippen LogP contribution in [0.25, 0.3) is 0 Å². The van der Waals surface area contributed by atoms with Gasteiger partial charge in [-0.15, -0.1) is 0 Å². The number of carbonyl (C=O) groups excluding carboxylic acids is 1. The Morgan fingerprint density at radius 1 is 1.36 bits per heavy atom. The molecule has 5 heteroatoms. The number of halogens is 1. The number of nitrogens with zero attached hydrogens (tertiary/aromatic N) is 1. The van der Waals surface area contributed by atoms with E-state index in [1.54, 1.807) is 12.1 Å². The fraction of sp³-hybridized carbons (Fsp3) is 0.588. The maximum absolute atomic E-state index is 13.0. The standard InChI is InChI=1S/C17H25FN2O2/c1-3-17(4-2,12-19)16(21)20-9-10-22-15(11-20)13-5-7-14(18)8-6-13/h5-8,15H,3-4,9-12,19H2,1-2H3. The van der Waals surface area contributed by atoms with Crippen molar-refractivity contribution < 1.29 is 13.9 Å². The van der Waals surface area contributed by atoms with Crippen molar-refractivity contribution in [1.29, 1.82) is 0 Å². The number of rotatable bonds is 5. The van der Waals surface area contributed by atoms with Crippen molar-refractivity contribution in [3.05, 3.63) is 35.6 Å². The number of hydrogen-bond donors (Lipinski definition) is 1. The minimum Gasteiger partial charge on any atom is -0.370 e. The van der Waals surface area contributed by atoms with Gasteiger partial charge in [0.15, 0.2) is 0 Å². The van der Waals surface area contributed by atoms with Crippen molar-refractivity contribution in [3.8, 4) is 0 Å². The molecule has 1 fully saturated rings. The molecule has 1 aromatic rings. The van der Waals surface area contributed by atoms with Crippen LogP contribution in [0.1, 0.15) is 38.4 Å². The van der Waals surface area contributed by atoms with Crippen molar-refractivity contribution >= 4 is 5.91 Å². The summed E-state index contributed by atoms with van der Waals surface area (Å²) in [7, 11) is 0. The van der Waals surface area contributed by atoms with Gasteiger partial charge >= 0.3 is 0 Å². The van der Waals surface area contributed by atoms with Crippen molar-refractivity contribution in [1.82, 2.24) is 4.90 Å². The van der Waals surface area contributed by atoms with Gasteiger partial charge in [-0.2, -0.15) is 0 Å². The molecule has 0 aromatic heterocycles. The van der Waals surface area contributed by atoms with Crippen LogP contribution < -0.4 is 5.73 Å². The predicted molar refractivity (Wildman–Crippen MR) is 83.7 cm³/mol. The van der Waals surface area contributed by atoms with Gasteiger partial charge in [0.2, 0.25) is 5.91 Å². The third kappa shape index (κ3) is 3.31. The van der Waals surface area contributed by atoms with E-state index in [9.17, 15) is 9.18 Å². The summed E-state index contributed by atoms with van der Waals surface area (Å²) in [6.07, 6.45) is 1.26. The van der Waals surface area contributed by atoms with Crippen molar-refractivity contribution in [2.75, 3.05) is 26.2 Å². The zero-order chi connectivity index (χ0) is 16.2. The second-order valence-corrected chi connectivity index (χ2v) is 5.85. The molecule has 1 atom stereocenters. The van der Waals surface area contributed by atoms with Crippen LogP contribution in [0.3, 0.4) is 0 Å². The van der Waals surface area contributed by atoms with Crippen LogP contribution in [-0.2, 0) is 9.53 Å². The molecule has 2 rings (SSSR count). The summed E-state index contributed by atoms with van der Waals surface area (Å²) in [5.74, 6) is -0.165. The second kappa shape index (κ2) is 7.20. The van der Waals surface area contributed by atoms with Crippen LogP contribution in [0, 0.1) is 11.2 Å². The Hall–Kier alpha value is -1.46. The monoisotopic (exact) mass is 308 g/mol. The molecule has 4 nitrogen and oxygen atoms in total. The lowest BCUT2D eigenvalue weighted by molar-refractivity contribution is -0.150. The zero-order valence-corrected chi connectivity index (χ0v) is 13.3. The number of carbonyl (C=O) groups is 1. The lowest BCUT2D eigenvalue weighted by atomic mass is 9.80. The first kappa shape index (κ1) is 16.9. The smallest absolute Gasteiger partial charge is 0.230 e. The first-order valence-electron chi connectivity index (χ1n) is 7.92. The van der Waals surface area contributed by atoms with Crippen molar-refractivity contribution in [2.24, 2.45) is 11.1 Å². The van der Waals surface area contributed by atoms with Gasteiger partial charge in [-0.1, -0.05) is 26.0 Å². The minimum absolute atomic E-state index is 0.107. The van der Waals surface area contributed by atoms with Gasteiger partial charge in [0.1, 0.15) is 11.9 Å². The highest BCUT2D eigenvalue weighted by Crippen LogP contribution is 2.31. The van der Waals surface area contributed by atoms with Crippen molar-refractivity contribution in [3.63, 3.8) is 0 Å². The van der Waals surface area contributed by atoms with Gasteiger partial charge in [-0.05, 0) is 30.5 Å². The molecular formula is C17H25FN2O2. The van der Waals surface area contributed by atoms with Crippen LogP contribution in [-0.4, -0.2) is 37.0 Å². The Kier molecular flexibility index (Phi) is 5.53. The molecule has 1 aromatic carbocycles. The average Bonchev–Trinajstić information content (AvgIpc) is 2.57. The molecule has 1 aliphatic heterocycles. The SMILES string of the molecule is CCC(CC)(CN)C(=O)N1CCOC(c2ccc(F)cc2)C1. The Labute approximate surface area is 131 Å². The van der Waals surface area contributed by atoms with E-state index in [2.05, 4.69) is 0 Å². The van der Waals surface area contributed by atoms with Gasteiger partial charge in [0.05, 0.1) is 18.6 Å². The van der Waals surface area contributed by atoms with Crippen LogP contribution in [0.4, 0.5) is 4.39 Å². The summed E-state index contributed by atoms with van der Waals surface area (Å²) in [6.45, 7) is 5.93. The zero-order valence-electron chi connectivity index (χ0n) is 13.3. The van der Waals surface area contributed by atoms with E-state index in [0.29, 0.717) is 26.2 Å². The normalized spacial score (nSPS) is 19.3. The fourth-order valence-electron chi connectivity index (χ4n) is 2.98. The number of nitrogens with two attached hydrogens (primary N) is 1. The molecule has 1 unspecified atom stereocenters. The average molecular weight is 308 g/mol. The number of ether oxygens (including phenoxy) is 1. The molecule has 1 aliphatic rings. The molecule has 2 N–H and O–H groups in total. The quantitative estimate of drug-likeness (QED) is 0.909. The number of hydrogen-bond acceptors (Lipinski definition) is 3. The van der Waals surface area contributed by atoms with E-state index >= 15 is 0 Å². The van der Waals surface area contributed by atoms with E-state index in [-0.39, 0.29) is 17.8 Å². The third-order valence-electron chi connectivity index (χ3n) is 4.79. The largest absolute Gasteiger partial charge is 0.370 e. The molecule has 122 valence electrons. The Morgan fingerprint density at radius 2 is 2.00 bits per heavy atom. The van der Waals surface area contributed by atoms with Crippen molar-refractivity contribution in [2.45, 2.75) is 32.8 Å². The molecule has 0 spiro atoms. The van der Waals surface area contributed by atoms with Crippen LogP contribution >= 0.6 is 0 Å².